The molecule has 0 saturated carbocycles. The summed E-state index contributed by atoms with van der Waals surface area (Å²) in [5.41, 5.74) is 2.70. The van der Waals surface area contributed by atoms with E-state index in [0.717, 1.165) is 36.4 Å². The van der Waals surface area contributed by atoms with Crippen LogP contribution in [0.1, 0.15) is 29.2 Å². The molecule has 4 rings (SSSR count). The summed E-state index contributed by atoms with van der Waals surface area (Å²) in [7, 11) is 0. The first-order valence-corrected chi connectivity index (χ1v) is 11.4. The minimum atomic E-state index is -4.65. The SMILES string of the molecule is Cc1nc2nc(C(F)(F)F)nn2c(C)c1CCC(=O)NCCN1CCN(c2ccc(F)cc2)CC1. The van der Waals surface area contributed by atoms with E-state index in [0.29, 0.717) is 36.5 Å². The molecule has 2 aromatic heterocycles. The number of halogens is 4. The number of hydrogen-bond acceptors (Lipinski definition) is 6. The molecule has 0 unspecified atom stereocenters. The van der Waals surface area contributed by atoms with Crippen LogP contribution in [0, 0.1) is 19.7 Å². The topological polar surface area (TPSA) is 78.7 Å². The molecule has 0 radical (unpaired) electrons. The summed E-state index contributed by atoms with van der Waals surface area (Å²) < 4.78 is 53.0. The molecule has 0 aliphatic carbocycles. The number of alkyl halides is 3. The Bertz CT molecular complexity index is 1190. The molecule has 12 heteroatoms. The van der Waals surface area contributed by atoms with Crippen molar-refractivity contribution in [3.05, 3.63) is 52.9 Å². The average molecular weight is 494 g/mol. The second-order valence-corrected chi connectivity index (χ2v) is 8.56. The van der Waals surface area contributed by atoms with Crippen LogP contribution in [-0.4, -0.2) is 69.7 Å². The summed E-state index contributed by atoms with van der Waals surface area (Å²) in [6.07, 6.45) is -4.13. The number of benzene rings is 1. The molecule has 0 bridgehead atoms. The van der Waals surface area contributed by atoms with Gasteiger partial charge in [0.1, 0.15) is 5.82 Å². The Balaban J connectivity index is 1.24. The van der Waals surface area contributed by atoms with Crippen molar-refractivity contribution >= 4 is 17.4 Å². The van der Waals surface area contributed by atoms with Crippen molar-refractivity contribution in [3.8, 4) is 0 Å². The van der Waals surface area contributed by atoms with Gasteiger partial charge in [-0.05, 0) is 50.1 Å². The second kappa shape index (κ2) is 10.1. The first-order chi connectivity index (χ1) is 16.6. The Hall–Kier alpha value is -3.28. The molecule has 1 fully saturated rings. The molecule has 188 valence electrons. The molecule has 0 spiro atoms. The van der Waals surface area contributed by atoms with E-state index in [-0.39, 0.29) is 23.9 Å². The zero-order valence-corrected chi connectivity index (χ0v) is 19.6. The fourth-order valence-electron chi connectivity index (χ4n) is 4.25. The number of piperazine rings is 1. The van der Waals surface area contributed by atoms with Gasteiger partial charge in [0.25, 0.3) is 11.6 Å². The molecule has 35 heavy (non-hydrogen) atoms. The zero-order chi connectivity index (χ0) is 25.2. The normalized spacial score (nSPS) is 15.1. The van der Waals surface area contributed by atoms with Crippen molar-refractivity contribution in [1.82, 2.24) is 29.8 Å². The van der Waals surface area contributed by atoms with E-state index < -0.39 is 12.0 Å². The van der Waals surface area contributed by atoms with Gasteiger partial charge in [-0.15, -0.1) is 5.10 Å². The predicted molar refractivity (Wildman–Crippen MR) is 122 cm³/mol. The molecule has 3 heterocycles. The molecule has 3 aromatic rings. The van der Waals surface area contributed by atoms with Crippen LogP contribution in [0.15, 0.2) is 24.3 Å². The molecule has 1 aliphatic rings. The Labute approximate surface area is 200 Å². The molecule has 0 atom stereocenters. The van der Waals surface area contributed by atoms with E-state index in [2.05, 4.69) is 30.2 Å². The third-order valence-electron chi connectivity index (χ3n) is 6.22. The van der Waals surface area contributed by atoms with Gasteiger partial charge in [0, 0.05) is 62.8 Å². The lowest BCUT2D eigenvalue weighted by atomic mass is 10.1. The van der Waals surface area contributed by atoms with Gasteiger partial charge in [-0.2, -0.15) is 18.2 Å². The van der Waals surface area contributed by atoms with Crippen molar-refractivity contribution in [2.45, 2.75) is 32.9 Å². The second-order valence-electron chi connectivity index (χ2n) is 8.56. The van der Waals surface area contributed by atoms with Gasteiger partial charge in [0.2, 0.25) is 5.91 Å². The number of carbonyl (C=O) groups is 1. The van der Waals surface area contributed by atoms with Crippen LogP contribution < -0.4 is 10.2 Å². The third kappa shape index (κ3) is 5.87. The highest BCUT2D eigenvalue weighted by Crippen LogP contribution is 2.27. The number of amides is 1. The number of nitrogens with one attached hydrogen (secondary N) is 1. The van der Waals surface area contributed by atoms with Crippen LogP contribution in [0.25, 0.3) is 5.78 Å². The molecule has 1 aromatic carbocycles. The Morgan fingerprint density at radius 2 is 1.74 bits per heavy atom. The standard InChI is InChI=1S/C23H27F4N7O/c1-15-19(16(2)34-22(29-15)30-21(31-34)23(25,26)27)7-8-20(35)28-9-10-32-11-13-33(14-12-32)18-5-3-17(24)4-6-18/h3-6H,7-14H2,1-2H3,(H,28,35). The van der Waals surface area contributed by atoms with E-state index in [1.807, 2.05) is 0 Å². The van der Waals surface area contributed by atoms with E-state index in [1.165, 1.54) is 12.1 Å². The maximum Gasteiger partial charge on any atom is 0.453 e. The summed E-state index contributed by atoms with van der Waals surface area (Å²) >= 11 is 0. The van der Waals surface area contributed by atoms with Crippen molar-refractivity contribution in [2.75, 3.05) is 44.2 Å². The highest BCUT2D eigenvalue weighted by molar-refractivity contribution is 5.76. The lowest BCUT2D eigenvalue weighted by Crippen LogP contribution is -2.48. The van der Waals surface area contributed by atoms with Gasteiger partial charge in [-0.25, -0.2) is 13.9 Å². The quantitative estimate of drug-likeness (QED) is 0.510. The van der Waals surface area contributed by atoms with E-state index in [1.54, 1.807) is 26.0 Å². The smallest absolute Gasteiger partial charge is 0.369 e. The Morgan fingerprint density at radius 3 is 2.40 bits per heavy atom. The molecule has 8 nitrogen and oxygen atoms in total. The van der Waals surface area contributed by atoms with Crippen LogP contribution in [0.5, 0.6) is 0 Å². The van der Waals surface area contributed by atoms with Gasteiger partial charge in [-0.1, -0.05) is 0 Å². The van der Waals surface area contributed by atoms with Crippen molar-refractivity contribution in [1.29, 1.82) is 0 Å². The number of nitrogens with zero attached hydrogens (tertiary/aromatic N) is 6. The summed E-state index contributed by atoms with van der Waals surface area (Å²) in [5, 5.41) is 6.44. The summed E-state index contributed by atoms with van der Waals surface area (Å²) in [6, 6.07) is 6.47. The van der Waals surface area contributed by atoms with Gasteiger partial charge in [-0.3, -0.25) is 9.69 Å². The minimum Gasteiger partial charge on any atom is -0.369 e. The average Bonchev–Trinajstić information content (AvgIpc) is 3.25. The lowest BCUT2D eigenvalue weighted by Gasteiger charge is -2.36. The Morgan fingerprint density at radius 1 is 1.06 bits per heavy atom. The molecule has 1 saturated heterocycles. The van der Waals surface area contributed by atoms with E-state index >= 15 is 0 Å². The monoisotopic (exact) mass is 493 g/mol. The van der Waals surface area contributed by atoms with Crippen LogP contribution in [0.4, 0.5) is 23.2 Å². The van der Waals surface area contributed by atoms with Crippen LogP contribution in [0.2, 0.25) is 0 Å². The number of carbonyl (C=O) groups excluding carboxylic acids is 1. The largest absolute Gasteiger partial charge is 0.453 e. The van der Waals surface area contributed by atoms with E-state index in [9.17, 15) is 22.4 Å². The number of aromatic nitrogens is 4. The number of aryl methyl sites for hydroxylation is 2. The van der Waals surface area contributed by atoms with Gasteiger partial charge >= 0.3 is 6.18 Å². The molecular weight excluding hydrogens is 466 g/mol. The van der Waals surface area contributed by atoms with Crippen LogP contribution in [-0.2, 0) is 17.4 Å². The molecular formula is C23H27F4N7O. The summed E-state index contributed by atoms with van der Waals surface area (Å²) in [6.45, 7) is 7.89. The van der Waals surface area contributed by atoms with Crippen LogP contribution >= 0.6 is 0 Å². The highest BCUT2D eigenvalue weighted by atomic mass is 19.4. The van der Waals surface area contributed by atoms with Gasteiger partial charge < -0.3 is 10.2 Å². The fourth-order valence-corrected chi connectivity index (χ4v) is 4.25. The lowest BCUT2D eigenvalue weighted by molar-refractivity contribution is -0.144. The first kappa shape index (κ1) is 24.8. The first-order valence-electron chi connectivity index (χ1n) is 11.4. The maximum atomic E-state index is 13.1. The number of rotatable bonds is 7. The molecule has 1 amide bonds. The zero-order valence-electron chi connectivity index (χ0n) is 19.6. The molecule has 1 N–H and O–H groups in total. The van der Waals surface area contributed by atoms with Crippen molar-refractivity contribution in [3.63, 3.8) is 0 Å². The number of fused-ring (bicyclic) bond motifs is 1. The minimum absolute atomic E-state index is 0.111. The van der Waals surface area contributed by atoms with Gasteiger partial charge in [0.05, 0.1) is 0 Å². The highest BCUT2D eigenvalue weighted by Gasteiger charge is 2.37. The molecule has 1 aliphatic heterocycles. The third-order valence-corrected chi connectivity index (χ3v) is 6.22. The van der Waals surface area contributed by atoms with Gasteiger partial charge in [0.15, 0.2) is 0 Å². The number of hydrogen-bond donors (Lipinski definition) is 1. The fraction of sp³-hybridized carbons (Fsp3) is 0.478. The van der Waals surface area contributed by atoms with Crippen molar-refractivity contribution < 1.29 is 22.4 Å². The predicted octanol–water partition coefficient (Wildman–Crippen LogP) is 2.77. The van der Waals surface area contributed by atoms with Crippen LogP contribution in [0.3, 0.4) is 0 Å². The number of anilines is 1. The summed E-state index contributed by atoms with van der Waals surface area (Å²) in [5.74, 6) is -1.73. The van der Waals surface area contributed by atoms with E-state index in [4.69, 9.17) is 0 Å². The van der Waals surface area contributed by atoms with Crippen molar-refractivity contribution in [2.24, 2.45) is 0 Å². The Kier molecular flexibility index (Phi) is 7.20. The summed E-state index contributed by atoms with van der Waals surface area (Å²) in [4.78, 5) is 24.4. The maximum absolute atomic E-state index is 13.1.